The van der Waals surface area contributed by atoms with Crippen LogP contribution in [0.25, 0.3) is 0 Å². The summed E-state index contributed by atoms with van der Waals surface area (Å²) in [6.07, 6.45) is 0.468. The Kier molecular flexibility index (Phi) is 7.68. The van der Waals surface area contributed by atoms with Gasteiger partial charge in [0, 0.05) is 6.54 Å². The molecule has 6 nitrogen and oxygen atoms in total. The Morgan fingerprint density at radius 2 is 1.61 bits per heavy atom. The summed E-state index contributed by atoms with van der Waals surface area (Å²) in [7, 11) is -2.40. The topological polar surface area (TPSA) is 75.7 Å². The zero-order chi connectivity index (χ0) is 22.3. The van der Waals surface area contributed by atoms with Crippen LogP contribution in [0.5, 0.6) is 5.75 Å². The first kappa shape index (κ1) is 22.8. The Morgan fingerprint density at radius 1 is 0.968 bits per heavy atom. The number of nitrogens with zero attached hydrogens (tertiary/aromatic N) is 1. The van der Waals surface area contributed by atoms with Gasteiger partial charge in [0.05, 0.1) is 29.3 Å². The van der Waals surface area contributed by atoms with Crippen molar-refractivity contribution in [3.05, 3.63) is 89.4 Å². The van der Waals surface area contributed by atoms with Crippen molar-refractivity contribution in [2.24, 2.45) is 0 Å². The number of amides is 1. The van der Waals surface area contributed by atoms with Gasteiger partial charge < -0.3 is 10.1 Å². The van der Waals surface area contributed by atoms with E-state index in [1.807, 2.05) is 30.3 Å². The molecule has 3 aromatic rings. The van der Waals surface area contributed by atoms with Gasteiger partial charge in [-0.1, -0.05) is 54.1 Å². The van der Waals surface area contributed by atoms with E-state index >= 15 is 0 Å². The van der Waals surface area contributed by atoms with Gasteiger partial charge in [-0.05, 0) is 48.4 Å². The van der Waals surface area contributed by atoms with E-state index in [1.54, 1.807) is 36.4 Å². The number of hydrogen-bond donors (Lipinski definition) is 1. The van der Waals surface area contributed by atoms with E-state index in [1.165, 1.54) is 23.5 Å². The molecule has 0 heterocycles. The molecule has 0 aliphatic heterocycles. The SMILES string of the molecule is COc1ccc(S(=O)(=O)N(CCc2ccccc2)CC(=O)Nc2ccccc2Cl)cc1. The van der Waals surface area contributed by atoms with Crippen LogP contribution >= 0.6 is 11.6 Å². The standard InChI is InChI=1S/C23H23ClN2O4S/c1-30-19-11-13-20(14-12-19)31(28,29)26(16-15-18-7-3-2-4-8-18)17-23(27)25-22-10-6-5-9-21(22)24/h2-14H,15-17H2,1H3,(H,25,27). The van der Waals surface area contributed by atoms with Gasteiger partial charge in [-0.25, -0.2) is 8.42 Å². The minimum atomic E-state index is -3.91. The molecule has 3 rings (SSSR count). The zero-order valence-electron chi connectivity index (χ0n) is 17.0. The fraction of sp³-hybridized carbons (Fsp3) is 0.174. The van der Waals surface area contributed by atoms with Crippen molar-refractivity contribution < 1.29 is 17.9 Å². The Hall–Kier alpha value is -2.87. The quantitative estimate of drug-likeness (QED) is 0.521. The van der Waals surface area contributed by atoms with Crippen LogP contribution in [0.1, 0.15) is 5.56 Å². The highest BCUT2D eigenvalue weighted by molar-refractivity contribution is 7.89. The van der Waals surface area contributed by atoms with Crippen LogP contribution in [-0.4, -0.2) is 38.8 Å². The van der Waals surface area contributed by atoms with Gasteiger partial charge in [0.15, 0.2) is 0 Å². The Morgan fingerprint density at radius 3 is 2.26 bits per heavy atom. The number of halogens is 1. The highest BCUT2D eigenvalue weighted by Crippen LogP contribution is 2.22. The van der Waals surface area contributed by atoms with Crippen molar-refractivity contribution in [2.45, 2.75) is 11.3 Å². The number of anilines is 1. The maximum Gasteiger partial charge on any atom is 0.243 e. The van der Waals surface area contributed by atoms with E-state index in [0.717, 1.165) is 5.56 Å². The average molecular weight is 459 g/mol. The smallest absolute Gasteiger partial charge is 0.243 e. The molecule has 0 bridgehead atoms. The number of para-hydroxylation sites is 1. The van der Waals surface area contributed by atoms with Crippen LogP contribution in [0, 0.1) is 0 Å². The molecule has 0 aliphatic carbocycles. The molecule has 0 fully saturated rings. The molecule has 162 valence electrons. The minimum absolute atomic E-state index is 0.0897. The molecule has 0 atom stereocenters. The number of carbonyl (C=O) groups is 1. The third-order valence-electron chi connectivity index (χ3n) is 4.66. The molecule has 0 aliphatic rings. The number of benzene rings is 3. The Labute approximate surface area is 187 Å². The summed E-state index contributed by atoms with van der Waals surface area (Å²) >= 11 is 6.10. The fourth-order valence-electron chi connectivity index (χ4n) is 2.99. The van der Waals surface area contributed by atoms with Crippen LogP contribution in [0.3, 0.4) is 0 Å². The molecule has 31 heavy (non-hydrogen) atoms. The van der Waals surface area contributed by atoms with Gasteiger partial charge in [0.2, 0.25) is 15.9 Å². The first-order valence-electron chi connectivity index (χ1n) is 9.62. The van der Waals surface area contributed by atoms with Crippen molar-refractivity contribution in [3.8, 4) is 5.75 Å². The molecular weight excluding hydrogens is 436 g/mol. The van der Waals surface area contributed by atoms with Gasteiger partial charge in [-0.15, -0.1) is 0 Å². The number of sulfonamides is 1. The molecule has 0 unspecified atom stereocenters. The molecule has 8 heteroatoms. The molecule has 0 spiro atoms. The van der Waals surface area contributed by atoms with Crippen LogP contribution in [0.15, 0.2) is 83.8 Å². The third-order valence-corrected chi connectivity index (χ3v) is 6.85. The normalized spacial score (nSPS) is 11.3. The second-order valence-electron chi connectivity index (χ2n) is 6.78. The monoisotopic (exact) mass is 458 g/mol. The highest BCUT2D eigenvalue weighted by atomic mass is 35.5. The second kappa shape index (κ2) is 10.4. The van der Waals surface area contributed by atoms with E-state index in [2.05, 4.69) is 5.32 Å². The number of methoxy groups -OCH3 is 1. The first-order valence-corrected chi connectivity index (χ1v) is 11.4. The first-order chi connectivity index (χ1) is 14.9. The van der Waals surface area contributed by atoms with Crippen LogP contribution < -0.4 is 10.1 Å². The lowest BCUT2D eigenvalue weighted by Gasteiger charge is -2.22. The molecule has 0 radical (unpaired) electrons. The van der Waals surface area contributed by atoms with E-state index in [9.17, 15) is 13.2 Å². The van der Waals surface area contributed by atoms with E-state index in [4.69, 9.17) is 16.3 Å². The zero-order valence-corrected chi connectivity index (χ0v) is 18.6. The predicted octanol–water partition coefficient (Wildman–Crippen LogP) is 4.22. The van der Waals surface area contributed by atoms with E-state index in [-0.39, 0.29) is 18.0 Å². The molecule has 1 amide bonds. The maximum atomic E-state index is 13.3. The molecule has 0 saturated heterocycles. The van der Waals surface area contributed by atoms with Crippen LogP contribution in [-0.2, 0) is 21.2 Å². The summed E-state index contributed by atoms with van der Waals surface area (Å²) in [4.78, 5) is 12.8. The second-order valence-corrected chi connectivity index (χ2v) is 9.12. The third kappa shape index (κ3) is 6.07. The lowest BCUT2D eigenvalue weighted by atomic mass is 10.1. The summed E-state index contributed by atoms with van der Waals surface area (Å²) in [5.41, 5.74) is 1.41. The van der Waals surface area contributed by atoms with Gasteiger partial charge in [-0.2, -0.15) is 4.31 Å². The van der Waals surface area contributed by atoms with Gasteiger partial charge in [-0.3, -0.25) is 4.79 Å². The average Bonchev–Trinajstić information content (AvgIpc) is 2.78. The largest absolute Gasteiger partial charge is 0.497 e. The fourth-order valence-corrected chi connectivity index (χ4v) is 4.57. The summed E-state index contributed by atoms with van der Waals surface area (Å²) in [5, 5.41) is 3.06. The number of nitrogens with one attached hydrogen (secondary N) is 1. The van der Waals surface area contributed by atoms with Gasteiger partial charge in [0.25, 0.3) is 0 Å². The maximum absolute atomic E-state index is 13.3. The summed E-state index contributed by atoms with van der Waals surface area (Å²) in [5.74, 6) is 0.0736. The number of ether oxygens (including phenoxy) is 1. The van der Waals surface area contributed by atoms with Crippen molar-refractivity contribution in [3.63, 3.8) is 0 Å². The van der Waals surface area contributed by atoms with Crippen LogP contribution in [0.4, 0.5) is 5.69 Å². The molecule has 3 aromatic carbocycles. The predicted molar refractivity (Wildman–Crippen MR) is 122 cm³/mol. The number of hydrogen-bond acceptors (Lipinski definition) is 4. The van der Waals surface area contributed by atoms with Crippen molar-refractivity contribution in [2.75, 3.05) is 25.5 Å². The van der Waals surface area contributed by atoms with Crippen molar-refractivity contribution in [1.82, 2.24) is 4.31 Å². The highest BCUT2D eigenvalue weighted by Gasteiger charge is 2.27. The lowest BCUT2D eigenvalue weighted by molar-refractivity contribution is -0.116. The van der Waals surface area contributed by atoms with E-state index in [0.29, 0.717) is 22.9 Å². The van der Waals surface area contributed by atoms with Crippen molar-refractivity contribution >= 4 is 33.2 Å². The van der Waals surface area contributed by atoms with E-state index < -0.39 is 15.9 Å². The summed E-state index contributed by atoms with van der Waals surface area (Å²) in [6, 6.07) is 22.4. The minimum Gasteiger partial charge on any atom is -0.497 e. The summed E-state index contributed by atoms with van der Waals surface area (Å²) in [6.45, 7) is -0.194. The molecular formula is C23H23ClN2O4S. The number of rotatable bonds is 9. The Balaban J connectivity index is 1.82. The Bertz CT molecular complexity index is 1120. The van der Waals surface area contributed by atoms with Gasteiger partial charge >= 0.3 is 0 Å². The molecule has 1 N–H and O–H groups in total. The van der Waals surface area contributed by atoms with Gasteiger partial charge in [0.1, 0.15) is 5.75 Å². The lowest BCUT2D eigenvalue weighted by Crippen LogP contribution is -2.39. The van der Waals surface area contributed by atoms with Crippen molar-refractivity contribution in [1.29, 1.82) is 0 Å². The summed E-state index contributed by atoms with van der Waals surface area (Å²) < 4.78 is 32.9. The molecule has 0 saturated carbocycles. The number of carbonyl (C=O) groups excluding carboxylic acids is 1. The molecule has 0 aromatic heterocycles. The van der Waals surface area contributed by atoms with Crippen LogP contribution in [0.2, 0.25) is 5.02 Å².